The lowest BCUT2D eigenvalue weighted by atomic mass is 10.0. The minimum Gasteiger partial charge on any atom is -0.345 e. The van der Waals surface area contributed by atoms with Crippen LogP contribution in [-0.2, 0) is 10.0 Å². The van der Waals surface area contributed by atoms with Gasteiger partial charge in [-0.15, -0.1) is 0 Å². The van der Waals surface area contributed by atoms with E-state index in [1.165, 1.54) is 0 Å². The number of carbonyl (C=O) groups excluding carboxylic acids is 1. The normalized spacial score (nSPS) is 20.1. The maximum Gasteiger partial charge on any atom is 0.253 e. The van der Waals surface area contributed by atoms with Crippen LogP contribution in [0.1, 0.15) is 30.1 Å². The molecule has 0 radical (unpaired) electrons. The van der Waals surface area contributed by atoms with E-state index < -0.39 is 10.0 Å². The molecule has 2 fully saturated rings. The van der Waals surface area contributed by atoms with Crippen LogP contribution in [-0.4, -0.2) is 67.8 Å². The van der Waals surface area contributed by atoms with Gasteiger partial charge in [0.1, 0.15) is 0 Å². The van der Waals surface area contributed by atoms with Gasteiger partial charge in [-0.25, -0.2) is 13.4 Å². The molecule has 0 aliphatic carbocycles. The highest BCUT2D eigenvalue weighted by atomic mass is 79.9. The van der Waals surface area contributed by atoms with E-state index in [2.05, 4.69) is 33.8 Å². The Morgan fingerprint density at radius 2 is 1.79 bits per heavy atom. The van der Waals surface area contributed by atoms with E-state index in [0.29, 0.717) is 50.7 Å². The number of hydrogen-bond donors (Lipinski definition) is 0. The average Bonchev–Trinajstić information content (AvgIpc) is 3.27. The van der Waals surface area contributed by atoms with Crippen LogP contribution in [0.25, 0.3) is 10.2 Å². The van der Waals surface area contributed by atoms with Gasteiger partial charge in [-0.2, -0.15) is 4.31 Å². The largest absolute Gasteiger partial charge is 0.345 e. The first-order chi connectivity index (χ1) is 16.3. The third-order valence-electron chi connectivity index (χ3n) is 6.54. The van der Waals surface area contributed by atoms with Crippen LogP contribution >= 0.6 is 27.3 Å². The first-order valence-corrected chi connectivity index (χ1v) is 14.6. The number of benzene rings is 2. The molecule has 1 amide bonds. The summed E-state index contributed by atoms with van der Waals surface area (Å²) in [5.41, 5.74) is 1.50. The minimum atomic E-state index is -3.52. The Hall–Kier alpha value is -2.01. The Labute approximate surface area is 212 Å². The number of halogens is 1. The standard InChI is InChI=1S/C24H27BrN4O3S2/c1-17-3-2-10-29(16-17)34(31,32)20-7-4-18(5-8-20)23(30)27-11-13-28(14-12-27)24-26-21-9-6-19(25)15-22(21)33-24/h4-9,15,17H,2-3,10-14,16H2,1H3. The summed E-state index contributed by atoms with van der Waals surface area (Å²) in [5, 5.41) is 0.974. The van der Waals surface area contributed by atoms with E-state index in [1.54, 1.807) is 39.9 Å². The van der Waals surface area contributed by atoms with Crippen molar-refractivity contribution in [1.29, 1.82) is 0 Å². The van der Waals surface area contributed by atoms with Gasteiger partial charge in [0, 0.05) is 49.3 Å². The fraction of sp³-hybridized carbons (Fsp3) is 0.417. The zero-order chi connectivity index (χ0) is 23.9. The molecule has 0 spiro atoms. The van der Waals surface area contributed by atoms with Gasteiger partial charge >= 0.3 is 0 Å². The minimum absolute atomic E-state index is 0.0663. The molecule has 10 heteroatoms. The molecule has 0 bridgehead atoms. The second-order valence-corrected chi connectivity index (χ2v) is 12.9. The van der Waals surface area contributed by atoms with Gasteiger partial charge in [-0.1, -0.05) is 34.2 Å². The summed E-state index contributed by atoms with van der Waals surface area (Å²) >= 11 is 5.17. The second kappa shape index (κ2) is 9.56. The van der Waals surface area contributed by atoms with Gasteiger partial charge < -0.3 is 9.80 Å². The predicted molar refractivity (Wildman–Crippen MR) is 139 cm³/mol. The van der Waals surface area contributed by atoms with Crippen LogP contribution in [0.2, 0.25) is 0 Å². The third kappa shape index (κ3) is 4.73. The number of hydrogen-bond acceptors (Lipinski definition) is 6. The van der Waals surface area contributed by atoms with Crippen molar-refractivity contribution in [3.8, 4) is 0 Å². The number of rotatable bonds is 4. The molecule has 3 aromatic rings. The van der Waals surface area contributed by atoms with E-state index in [0.717, 1.165) is 32.7 Å². The second-order valence-electron chi connectivity index (χ2n) is 9.02. The molecule has 0 N–H and O–H groups in total. The van der Waals surface area contributed by atoms with Crippen molar-refractivity contribution in [1.82, 2.24) is 14.2 Å². The van der Waals surface area contributed by atoms with E-state index in [-0.39, 0.29) is 10.8 Å². The molecule has 1 unspecified atom stereocenters. The number of carbonyl (C=O) groups is 1. The molecule has 2 aromatic carbocycles. The quantitative estimate of drug-likeness (QED) is 0.470. The fourth-order valence-corrected chi connectivity index (χ4v) is 7.76. The van der Waals surface area contributed by atoms with Crippen LogP contribution in [0.3, 0.4) is 0 Å². The van der Waals surface area contributed by atoms with Crippen molar-refractivity contribution in [3.05, 3.63) is 52.5 Å². The molecule has 1 atom stereocenters. The third-order valence-corrected chi connectivity index (χ3v) is 9.99. The van der Waals surface area contributed by atoms with E-state index >= 15 is 0 Å². The van der Waals surface area contributed by atoms with Crippen molar-refractivity contribution < 1.29 is 13.2 Å². The number of anilines is 1. The summed E-state index contributed by atoms with van der Waals surface area (Å²) < 4.78 is 29.7. The molecule has 5 rings (SSSR count). The highest BCUT2D eigenvalue weighted by Crippen LogP contribution is 2.31. The molecule has 7 nitrogen and oxygen atoms in total. The Kier molecular flexibility index (Phi) is 6.67. The Balaban J connectivity index is 1.23. The molecule has 2 saturated heterocycles. The molecular weight excluding hydrogens is 536 g/mol. The zero-order valence-corrected chi connectivity index (χ0v) is 22.2. The first kappa shape index (κ1) is 23.7. The monoisotopic (exact) mass is 562 g/mol. The van der Waals surface area contributed by atoms with Crippen molar-refractivity contribution in [2.24, 2.45) is 5.92 Å². The number of nitrogens with zero attached hydrogens (tertiary/aromatic N) is 4. The van der Waals surface area contributed by atoms with Gasteiger partial charge in [-0.05, 0) is 61.2 Å². The van der Waals surface area contributed by atoms with Gasteiger partial charge in [0.15, 0.2) is 5.13 Å². The summed E-state index contributed by atoms with van der Waals surface area (Å²) in [4.78, 5) is 22.1. The highest BCUT2D eigenvalue weighted by molar-refractivity contribution is 9.10. The van der Waals surface area contributed by atoms with Crippen LogP contribution in [0.4, 0.5) is 5.13 Å². The summed E-state index contributed by atoms with van der Waals surface area (Å²) in [7, 11) is -3.52. The number of fused-ring (bicyclic) bond motifs is 1. The SMILES string of the molecule is CC1CCCN(S(=O)(=O)c2ccc(C(=O)N3CCN(c4nc5ccc(Br)cc5s4)CC3)cc2)C1. The lowest BCUT2D eigenvalue weighted by Gasteiger charge is -2.34. The van der Waals surface area contributed by atoms with E-state index in [1.807, 2.05) is 17.0 Å². The van der Waals surface area contributed by atoms with Crippen LogP contribution in [0, 0.1) is 5.92 Å². The number of piperidine rings is 1. The summed E-state index contributed by atoms with van der Waals surface area (Å²) in [6.45, 7) is 5.83. The lowest BCUT2D eigenvalue weighted by molar-refractivity contribution is 0.0746. The van der Waals surface area contributed by atoms with Gasteiger partial charge in [0.25, 0.3) is 5.91 Å². The summed E-state index contributed by atoms with van der Waals surface area (Å²) in [6.07, 6.45) is 1.95. The molecule has 1 aromatic heterocycles. The molecule has 2 aliphatic rings. The first-order valence-electron chi connectivity index (χ1n) is 11.5. The number of amides is 1. The van der Waals surface area contributed by atoms with Crippen LogP contribution in [0.15, 0.2) is 51.8 Å². The summed E-state index contributed by atoms with van der Waals surface area (Å²) in [6, 6.07) is 12.5. The molecule has 34 heavy (non-hydrogen) atoms. The number of sulfonamides is 1. The van der Waals surface area contributed by atoms with E-state index in [9.17, 15) is 13.2 Å². The number of thiazole rings is 1. The van der Waals surface area contributed by atoms with Crippen molar-refractivity contribution in [3.63, 3.8) is 0 Å². The topological polar surface area (TPSA) is 73.8 Å². The summed E-state index contributed by atoms with van der Waals surface area (Å²) in [5.74, 6) is 0.302. The Morgan fingerprint density at radius 3 is 2.50 bits per heavy atom. The number of aromatic nitrogens is 1. The zero-order valence-electron chi connectivity index (χ0n) is 19.0. The molecular formula is C24H27BrN4O3S2. The maximum atomic E-state index is 13.1. The van der Waals surface area contributed by atoms with Crippen molar-refractivity contribution >= 4 is 58.5 Å². The molecule has 3 heterocycles. The van der Waals surface area contributed by atoms with Crippen molar-refractivity contribution in [2.75, 3.05) is 44.2 Å². The Bertz CT molecular complexity index is 1300. The number of piperazine rings is 1. The Morgan fingerprint density at radius 1 is 1.06 bits per heavy atom. The maximum absolute atomic E-state index is 13.1. The van der Waals surface area contributed by atoms with Gasteiger partial charge in [-0.3, -0.25) is 4.79 Å². The molecule has 2 aliphatic heterocycles. The lowest BCUT2D eigenvalue weighted by Crippen LogP contribution is -2.48. The van der Waals surface area contributed by atoms with Gasteiger partial charge in [0.05, 0.1) is 15.1 Å². The van der Waals surface area contributed by atoms with Crippen molar-refractivity contribution in [2.45, 2.75) is 24.7 Å². The van der Waals surface area contributed by atoms with E-state index in [4.69, 9.17) is 4.98 Å². The predicted octanol–water partition coefficient (Wildman–Crippen LogP) is 4.44. The fourth-order valence-electron chi connectivity index (χ4n) is 4.59. The molecule has 180 valence electrons. The molecule has 0 saturated carbocycles. The highest BCUT2D eigenvalue weighted by Gasteiger charge is 2.29. The van der Waals surface area contributed by atoms with Gasteiger partial charge in [0.2, 0.25) is 10.0 Å². The smallest absolute Gasteiger partial charge is 0.253 e. The average molecular weight is 564 g/mol. The van der Waals surface area contributed by atoms with Crippen LogP contribution in [0.5, 0.6) is 0 Å². The van der Waals surface area contributed by atoms with Crippen LogP contribution < -0.4 is 4.90 Å².